The SMILES string of the molecule is C=CC(=O)Oc1ccc(-c2ccc(OC(=O)OC(=O)C(=C)C)cc2)cc1. The summed E-state index contributed by atoms with van der Waals surface area (Å²) >= 11 is 0. The molecule has 0 aliphatic carbocycles. The van der Waals surface area contributed by atoms with E-state index >= 15 is 0 Å². The first kappa shape index (κ1) is 18.7. The quantitative estimate of drug-likeness (QED) is 0.265. The molecular formula is C20H16O6. The summed E-state index contributed by atoms with van der Waals surface area (Å²) in [7, 11) is 0. The number of carbonyl (C=O) groups excluding carboxylic acids is 3. The van der Waals surface area contributed by atoms with Crippen LogP contribution in [0.15, 0.2) is 73.3 Å². The first-order valence-corrected chi connectivity index (χ1v) is 7.53. The highest BCUT2D eigenvalue weighted by Gasteiger charge is 2.13. The van der Waals surface area contributed by atoms with E-state index in [1.165, 1.54) is 6.92 Å². The topological polar surface area (TPSA) is 78.9 Å². The number of hydrogen-bond acceptors (Lipinski definition) is 6. The number of carbonyl (C=O) groups is 3. The minimum atomic E-state index is -1.13. The van der Waals surface area contributed by atoms with E-state index in [0.29, 0.717) is 5.75 Å². The average Bonchev–Trinajstić information content (AvgIpc) is 2.62. The molecule has 0 spiro atoms. The van der Waals surface area contributed by atoms with Crippen molar-refractivity contribution in [3.8, 4) is 22.6 Å². The molecule has 2 rings (SSSR count). The van der Waals surface area contributed by atoms with Crippen LogP contribution in [0.25, 0.3) is 11.1 Å². The molecule has 0 radical (unpaired) electrons. The van der Waals surface area contributed by atoms with Gasteiger partial charge in [-0.05, 0) is 42.3 Å². The van der Waals surface area contributed by atoms with E-state index in [2.05, 4.69) is 17.9 Å². The van der Waals surface area contributed by atoms with Crippen LogP contribution in [0.5, 0.6) is 11.5 Å². The van der Waals surface area contributed by atoms with Crippen molar-refractivity contribution < 1.29 is 28.6 Å². The predicted molar refractivity (Wildman–Crippen MR) is 94.6 cm³/mol. The van der Waals surface area contributed by atoms with Crippen LogP contribution in [0.4, 0.5) is 4.79 Å². The average molecular weight is 352 g/mol. The lowest BCUT2D eigenvalue weighted by atomic mass is 10.1. The van der Waals surface area contributed by atoms with Gasteiger partial charge in [0.15, 0.2) is 0 Å². The Hall–Kier alpha value is -3.67. The van der Waals surface area contributed by atoms with Crippen molar-refractivity contribution in [2.45, 2.75) is 6.92 Å². The van der Waals surface area contributed by atoms with E-state index in [4.69, 9.17) is 9.47 Å². The van der Waals surface area contributed by atoms with E-state index in [9.17, 15) is 14.4 Å². The van der Waals surface area contributed by atoms with Crippen molar-refractivity contribution in [3.63, 3.8) is 0 Å². The van der Waals surface area contributed by atoms with Gasteiger partial charge in [-0.3, -0.25) is 0 Å². The third kappa shape index (κ3) is 5.17. The molecule has 0 fully saturated rings. The van der Waals surface area contributed by atoms with Gasteiger partial charge in [-0.2, -0.15) is 0 Å². The summed E-state index contributed by atoms with van der Waals surface area (Å²) in [6, 6.07) is 13.5. The van der Waals surface area contributed by atoms with Crippen molar-refractivity contribution in [1.29, 1.82) is 0 Å². The van der Waals surface area contributed by atoms with Gasteiger partial charge in [0, 0.05) is 11.6 Å². The molecule has 2 aromatic rings. The molecule has 0 saturated carbocycles. The zero-order valence-corrected chi connectivity index (χ0v) is 14.1. The predicted octanol–water partition coefficient (Wildman–Crippen LogP) is 4.06. The van der Waals surface area contributed by atoms with Gasteiger partial charge in [0.2, 0.25) is 0 Å². The van der Waals surface area contributed by atoms with Crippen LogP contribution in [0.2, 0.25) is 0 Å². The monoisotopic (exact) mass is 352 g/mol. The standard InChI is InChI=1S/C20H16O6/c1-4-18(21)24-16-9-5-14(6-10-16)15-7-11-17(12-8-15)25-20(23)26-19(22)13(2)3/h4-12H,1-2H2,3H3. The molecule has 0 aromatic heterocycles. The lowest BCUT2D eigenvalue weighted by Crippen LogP contribution is -2.16. The molecule has 0 atom stereocenters. The zero-order valence-electron chi connectivity index (χ0n) is 14.1. The van der Waals surface area contributed by atoms with Crippen LogP contribution in [0, 0.1) is 0 Å². The fourth-order valence-corrected chi connectivity index (χ4v) is 1.87. The molecule has 6 nitrogen and oxygen atoms in total. The van der Waals surface area contributed by atoms with E-state index in [1.54, 1.807) is 48.5 Å². The Labute approximate surface area is 150 Å². The normalized spacial score (nSPS) is 9.73. The van der Waals surface area contributed by atoms with Crippen LogP contribution >= 0.6 is 0 Å². The number of esters is 2. The molecule has 26 heavy (non-hydrogen) atoms. The lowest BCUT2D eigenvalue weighted by molar-refractivity contribution is -0.134. The van der Waals surface area contributed by atoms with Gasteiger partial charge in [0.1, 0.15) is 11.5 Å². The summed E-state index contributed by atoms with van der Waals surface area (Å²) < 4.78 is 14.4. The molecule has 0 unspecified atom stereocenters. The Morgan fingerprint density at radius 3 is 1.73 bits per heavy atom. The summed E-state index contributed by atoms with van der Waals surface area (Å²) in [5, 5.41) is 0. The Morgan fingerprint density at radius 2 is 1.31 bits per heavy atom. The van der Waals surface area contributed by atoms with Gasteiger partial charge >= 0.3 is 18.1 Å². The van der Waals surface area contributed by atoms with E-state index in [0.717, 1.165) is 17.2 Å². The highest BCUT2D eigenvalue weighted by Crippen LogP contribution is 2.25. The van der Waals surface area contributed by atoms with E-state index in [1.807, 2.05) is 0 Å². The fraction of sp³-hybridized carbons (Fsp3) is 0.0500. The lowest BCUT2D eigenvalue weighted by Gasteiger charge is -2.07. The van der Waals surface area contributed by atoms with Crippen molar-refractivity contribution in [1.82, 2.24) is 0 Å². The first-order valence-electron chi connectivity index (χ1n) is 7.53. The second kappa shape index (κ2) is 8.43. The third-order valence-electron chi connectivity index (χ3n) is 3.15. The molecule has 0 aliphatic heterocycles. The van der Waals surface area contributed by atoms with Crippen molar-refractivity contribution in [2.75, 3.05) is 0 Å². The summed E-state index contributed by atoms with van der Waals surface area (Å²) in [6.45, 7) is 8.13. The number of benzene rings is 2. The molecule has 0 N–H and O–H groups in total. The molecule has 0 saturated heterocycles. The van der Waals surface area contributed by atoms with Crippen molar-refractivity contribution in [2.24, 2.45) is 0 Å². The smallest absolute Gasteiger partial charge is 0.423 e. The second-order valence-electron chi connectivity index (χ2n) is 5.20. The number of ether oxygens (including phenoxy) is 3. The summed E-state index contributed by atoms with van der Waals surface area (Å²) in [5.41, 5.74) is 1.82. The highest BCUT2D eigenvalue weighted by molar-refractivity contribution is 5.93. The van der Waals surface area contributed by atoms with Gasteiger partial charge in [0.25, 0.3) is 0 Å². The van der Waals surface area contributed by atoms with Crippen LogP contribution in [0.3, 0.4) is 0 Å². The molecule has 6 heteroatoms. The summed E-state index contributed by atoms with van der Waals surface area (Å²) in [5.74, 6) is -0.742. The Bertz CT molecular complexity index is 847. The van der Waals surface area contributed by atoms with Crippen LogP contribution < -0.4 is 9.47 Å². The van der Waals surface area contributed by atoms with Gasteiger partial charge in [-0.25, -0.2) is 14.4 Å². The van der Waals surface area contributed by atoms with Gasteiger partial charge in [-0.15, -0.1) is 0 Å². The van der Waals surface area contributed by atoms with Gasteiger partial charge in [-0.1, -0.05) is 37.4 Å². The zero-order chi connectivity index (χ0) is 19.1. The van der Waals surface area contributed by atoms with Crippen LogP contribution in [0.1, 0.15) is 6.92 Å². The molecule has 132 valence electrons. The fourth-order valence-electron chi connectivity index (χ4n) is 1.87. The summed E-state index contributed by atoms with van der Waals surface area (Å²) in [4.78, 5) is 33.9. The largest absolute Gasteiger partial charge is 0.521 e. The molecule has 0 aliphatic rings. The maximum absolute atomic E-state index is 11.5. The van der Waals surface area contributed by atoms with Gasteiger partial charge < -0.3 is 14.2 Å². The van der Waals surface area contributed by atoms with E-state index < -0.39 is 18.1 Å². The molecule has 2 aromatic carbocycles. The van der Waals surface area contributed by atoms with Crippen molar-refractivity contribution >= 4 is 18.1 Å². The molecular weight excluding hydrogens is 336 g/mol. The molecule has 0 bridgehead atoms. The Balaban J connectivity index is 2.01. The maximum atomic E-state index is 11.5. The Morgan fingerprint density at radius 1 is 0.846 bits per heavy atom. The number of hydrogen-bond donors (Lipinski definition) is 0. The minimum absolute atomic E-state index is 0.0968. The first-order chi connectivity index (χ1) is 12.4. The second-order valence-corrected chi connectivity index (χ2v) is 5.20. The van der Waals surface area contributed by atoms with Crippen molar-refractivity contribution in [3.05, 3.63) is 73.3 Å². The Kier molecular flexibility index (Phi) is 6.06. The summed E-state index contributed by atoms with van der Waals surface area (Å²) in [6.07, 6.45) is -0.0409. The van der Waals surface area contributed by atoms with Crippen LogP contribution in [-0.2, 0) is 14.3 Å². The van der Waals surface area contributed by atoms with Gasteiger partial charge in [0.05, 0.1) is 0 Å². The highest BCUT2D eigenvalue weighted by atomic mass is 16.7. The maximum Gasteiger partial charge on any atom is 0.521 e. The van der Waals surface area contributed by atoms with Crippen LogP contribution in [-0.4, -0.2) is 18.1 Å². The third-order valence-corrected chi connectivity index (χ3v) is 3.15. The molecule has 0 heterocycles. The number of rotatable bonds is 5. The van der Waals surface area contributed by atoms with E-state index in [-0.39, 0.29) is 11.3 Å². The molecule has 0 amide bonds. The minimum Gasteiger partial charge on any atom is -0.423 e.